The van der Waals surface area contributed by atoms with Gasteiger partial charge in [-0.15, -0.1) is 0 Å². The van der Waals surface area contributed by atoms with Crippen molar-refractivity contribution in [2.24, 2.45) is 0 Å². The number of rotatable bonds is 3. The van der Waals surface area contributed by atoms with Gasteiger partial charge >= 0.3 is 6.09 Å². The van der Waals surface area contributed by atoms with Gasteiger partial charge in [0.25, 0.3) is 5.56 Å². The van der Waals surface area contributed by atoms with E-state index in [-0.39, 0.29) is 11.6 Å². The summed E-state index contributed by atoms with van der Waals surface area (Å²) in [6.07, 6.45) is 1.06. The van der Waals surface area contributed by atoms with Crippen LogP contribution < -0.4 is 15.8 Å². The van der Waals surface area contributed by atoms with E-state index >= 15 is 0 Å². The van der Waals surface area contributed by atoms with E-state index in [9.17, 15) is 9.59 Å². The first-order valence-electron chi connectivity index (χ1n) is 6.32. The van der Waals surface area contributed by atoms with E-state index in [4.69, 9.17) is 0 Å². The average molecular weight is 266 g/mol. The highest BCUT2D eigenvalue weighted by molar-refractivity contribution is 5.67. The Balaban J connectivity index is 2.06. The number of hydrogen-bond donors (Lipinski definition) is 2. The van der Waals surface area contributed by atoms with Crippen LogP contribution in [0.3, 0.4) is 0 Å². The third-order valence-electron chi connectivity index (χ3n) is 3.13. The van der Waals surface area contributed by atoms with Gasteiger partial charge in [0, 0.05) is 25.6 Å². The molecule has 1 aromatic heterocycles. The summed E-state index contributed by atoms with van der Waals surface area (Å²) in [7, 11) is 1.34. The first kappa shape index (κ1) is 13.4. The Kier molecular flexibility index (Phi) is 4.03. The van der Waals surface area contributed by atoms with Gasteiger partial charge in [-0.1, -0.05) is 6.92 Å². The van der Waals surface area contributed by atoms with Crippen molar-refractivity contribution in [1.82, 2.24) is 15.3 Å². The van der Waals surface area contributed by atoms with Gasteiger partial charge in [0.05, 0.1) is 13.2 Å². The Labute approximate surface area is 111 Å². The van der Waals surface area contributed by atoms with Crippen LogP contribution in [0.25, 0.3) is 0 Å². The van der Waals surface area contributed by atoms with Gasteiger partial charge in [0.15, 0.2) is 0 Å². The smallest absolute Gasteiger partial charge is 0.407 e. The fourth-order valence-corrected chi connectivity index (χ4v) is 2.14. The fraction of sp³-hybridized carbons (Fsp3) is 0.583. The van der Waals surface area contributed by atoms with E-state index in [1.165, 1.54) is 13.2 Å². The summed E-state index contributed by atoms with van der Waals surface area (Å²) in [5.74, 6) is 1.33. The number of hydrogen-bond acceptors (Lipinski definition) is 5. The van der Waals surface area contributed by atoms with Crippen molar-refractivity contribution >= 4 is 11.9 Å². The molecule has 1 atom stereocenters. The van der Waals surface area contributed by atoms with Crippen LogP contribution in [0.2, 0.25) is 0 Å². The van der Waals surface area contributed by atoms with Crippen LogP contribution in [0.4, 0.5) is 10.6 Å². The quantitative estimate of drug-likeness (QED) is 0.819. The minimum atomic E-state index is -0.431. The molecule has 7 nitrogen and oxygen atoms in total. The number of nitrogens with one attached hydrogen (secondary N) is 2. The second-order valence-electron chi connectivity index (χ2n) is 4.47. The first-order valence-corrected chi connectivity index (χ1v) is 6.32. The third kappa shape index (κ3) is 3.24. The molecule has 1 unspecified atom stereocenters. The van der Waals surface area contributed by atoms with Crippen LogP contribution in [0.1, 0.15) is 19.2 Å². The van der Waals surface area contributed by atoms with Crippen LogP contribution in [0, 0.1) is 0 Å². The molecule has 1 saturated heterocycles. The Morgan fingerprint density at radius 3 is 3.16 bits per heavy atom. The van der Waals surface area contributed by atoms with Crippen LogP contribution in [-0.2, 0) is 11.2 Å². The number of ether oxygens (including phenoxy) is 1. The molecule has 7 heteroatoms. The van der Waals surface area contributed by atoms with Crippen molar-refractivity contribution in [2.75, 3.05) is 25.1 Å². The zero-order valence-electron chi connectivity index (χ0n) is 11.1. The lowest BCUT2D eigenvalue weighted by Gasteiger charge is -2.17. The largest absolute Gasteiger partial charge is 0.453 e. The van der Waals surface area contributed by atoms with E-state index < -0.39 is 6.09 Å². The number of aromatic nitrogens is 2. The van der Waals surface area contributed by atoms with Gasteiger partial charge in [-0.3, -0.25) is 4.79 Å². The number of carbonyl (C=O) groups is 1. The molecule has 0 spiro atoms. The second-order valence-corrected chi connectivity index (χ2v) is 4.47. The van der Waals surface area contributed by atoms with Crippen LogP contribution in [0.15, 0.2) is 10.9 Å². The number of aromatic amines is 1. The van der Waals surface area contributed by atoms with Gasteiger partial charge in [-0.25, -0.2) is 9.78 Å². The first-order chi connectivity index (χ1) is 9.12. The Morgan fingerprint density at radius 2 is 2.47 bits per heavy atom. The van der Waals surface area contributed by atoms with Gasteiger partial charge < -0.3 is 19.9 Å². The fourth-order valence-electron chi connectivity index (χ4n) is 2.14. The molecule has 2 rings (SSSR count). The van der Waals surface area contributed by atoms with Crippen molar-refractivity contribution < 1.29 is 9.53 Å². The summed E-state index contributed by atoms with van der Waals surface area (Å²) >= 11 is 0. The standard InChI is InChI=1S/C12H18N4O3/c1-3-9-14-10(6-11(17)15-9)16-5-4-8(7-16)13-12(18)19-2/h6,8H,3-5,7H2,1-2H3,(H,13,18)(H,14,15,17). The van der Waals surface area contributed by atoms with Gasteiger partial charge in [-0.05, 0) is 6.42 Å². The molecule has 1 fully saturated rings. The van der Waals surface area contributed by atoms with E-state index in [1.54, 1.807) is 0 Å². The summed E-state index contributed by atoms with van der Waals surface area (Å²) in [5, 5.41) is 2.75. The molecule has 0 bridgehead atoms. The molecular formula is C12H18N4O3. The molecule has 104 valence electrons. The zero-order chi connectivity index (χ0) is 13.8. The SMILES string of the molecule is CCc1nc(N2CCC(NC(=O)OC)C2)cc(=O)[nH]1. The summed E-state index contributed by atoms with van der Waals surface area (Å²) in [6, 6.07) is 1.51. The lowest BCUT2D eigenvalue weighted by molar-refractivity contribution is 0.167. The highest BCUT2D eigenvalue weighted by atomic mass is 16.5. The molecule has 0 aromatic carbocycles. The average Bonchev–Trinajstić information content (AvgIpc) is 2.86. The molecular weight excluding hydrogens is 248 g/mol. The van der Waals surface area contributed by atoms with Crippen LogP contribution in [0.5, 0.6) is 0 Å². The van der Waals surface area contributed by atoms with Crippen LogP contribution >= 0.6 is 0 Å². The molecule has 0 saturated carbocycles. The number of methoxy groups -OCH3 is 1. The highest BCUT2D eigenvalue weighted by Gasteiger charge is 2.25. The maximum absolute atomic E-state index is 11.5. The topological polar surface area (TPSA) is 87.3 Å². The van der Waals surface area contributed by atoms with E-state index in [1.807, 2.05) is 11.8 Å². The number of nitrogens with zero attached hydrogens (tertiary/aromatic N) is 2. The molecule has 0 aliphatic carbocycles. The maximum Gasteiger partial charge on any atom is 0.407 e. The van der Waals surface area contributed by atoms with Gasteiger partial charge in [-0.2, -0.15) is 0 Å². The Hall–Kier alpha value is -2.05. The molecule has 1 aromatic rings. The summed E-state index contributed by atoms with van der Waals surface area (Å²) < 4.78 is 4.57. The predicted octanol–water partition coefficient (Wildman–Crippen LogP) is 0.267. The van der Waals surface area contributed by atoms with Crippen molar-refractivity contribution in [2.45, 2.75) is 25.8 Å². The van der Waals surface area contributed by atoms with Gasteiger partial charge in [0.1, 0.15) is 11.6 Å². The molecule has 1 amide bonds. The molecule has 0 radical (unpaired) electrons. The number of amides is 1. The van der Waals surface area contributed by atoms with Crippen molar-refractivity contribution in [1.29, 1.82) is 0 Å². The molecule has 2 heterocycles. The normalized spacial score (nSPS) is 18.4. The number of H-pyrrole nitrogens is 1. The third-order valence-corrected chi connectivity index (χ3v) is 3.13. The monoisotopic (exact) mass is 266 g/mol. The molecule has 2 N–H and O–H groups in total. The van der Waals surface area contributed by atoms with Gasteiger partial charge in [0.2, 0.25) is 0 Å². The van der Waals surface area contributed by atoms with E-state index in [0.717, 1.165) is 13.0 Å². The number of anilines is 1. The minimum absolute atomic E-state index is 0.0265. The predicted molar refractivity (Wildman–Crippen MR) is 70.4 cm³/mol. The number of carbonyl (C=O) groups excluding carboxylic acids is 1. The lowest BCUT2D eigenvalue weighted by atomic mass is 10.3. The van der Waals surface area contributed by atoms with Crippen LogP contribution in [-0.4, -0.2) is 42.3 Å². The molecule has 1 aliphatic rings. The summed E-state index contributed by atoms with van der Waals surface area (Å²) in [4.78, 5) is 31.7. The van der Waals surface area contributed by atoms with Crippen molar-refractivity contribution in [3.05, 3.63) is 22.2 Å². The number of alkyl carbamates (subject to hydrolysis) is 1. The molecule has 19 heavy (non-hydrogen) atoms. The van der Waals surface area contributed by atoms with Crippen molar-refractivity contribution in [3.8, 4) is 0 Å². The summed E-state index contributed by atoms with van der Waals surface area (Å²) in [6.45, 7) is 3.33. The number of aryl methyl sites for hydroxylation is 1. The Bertz CT molecular complexity index is 514. The summed E-state index contributed by atoms with van der Waals surface area (Å²) in [5.41, 5.74) is -0.147. The van der Waals surface area contributed by atoms with E-state index in [0.29, 0.717) is 24.6 Å². The Morgan fingerprint density at radius 1 is 1.68 bits per heavy atom. The van der Waals surface area contributed by atoms with E-state index in [2.05, 4.69) is 20.0 Å². The minimum Gasteiger partial charge on any atom is -0.453 e. The van der Waals surface area contributed by atoms with Crippen molar-refractivity contribution in [3.63, 3.8) is 0 Å². The highest BCUT2D eigenvalue weighted by Crippen LogP contribution is 2.16. The second kappa shape index (κ2) is 5.73. The molecule has 1 aliphatic heterocycles. The zero-order valence-corrected chi connectivity index (χ0v) is 11.1. The lowest BCUT2D eigenvalue weighted by Crippen LogP contribution is -2.37. The maximum atomic E-state index is 11.5.